The largest absolute Gasteiger partial charge is 0.335 e. The molecule has 2 amide bonds. The highest BCUT2D eigenvalue weighted by atomic mass is 32.2. The third-order valence-electron chi connectivity index (χ3n) is 3.88. The van der Waals surface area contributed by atoms with Crippen molar-refractivity contribution in [3.63, 3.8) is 0 Å². The molecule has 2 unspecified atom stereocenters. The summed E-state index contributed by atoms with van der Waals surface area (Å²) in [5, 5.41) is 2.98. The zero-order valence-electron chi connectivity index (χ0n) is 13.6. The summed E-state index contributed by atoms with van der Waals surface area (Å²) in [5.74, 6) is 0. The monoisotopic (exact) mass is 343 g/mol. The van der Waals surface area contributed by atoms with Crippen LogP contribution < -0.4 is 10.0 Å². The number of nitrogens with zero attached hydrogens (tertiary/aromatic N) is 3. The predicted molar refractivity (Wildman–Crippen MR) is 87.4 cm³/mol. The van der Waals surface area contributed by atoms with Crippen LogP contribution in [0.4, 0.5) is 4.79 Å². The lowest BCUT2D eigenvalue weighted by Crippen LogP contribution is -2.54. The maximum atomic E-state index is 12.5. The van der Waals surface area contributed by atoms with Gasteiger partial charge in [-0.05, 0) is 26.2 Å². The van der Waals surface area contributed by atoms with Gasteiger partial charge in [-0.1, -0.05) is 0 Å². The second-order valence-corrected chi connectivity index (χ2v) is 7.91. The fraction of sp³-hybridized carbons (Fsp3) is 0.714. The number of likely N-dealkylation sites (tertiary alicyclic amines) is 1. The van der Waals surface area contributed by atoms with E-state index >= 15 is 0 Å². The van der Waals surface area contributed by atoms with Gasteiger partial charge >= 0.3 is 6.03 Å². The Kier molecular flexibility index (Phi) is 6.00. The molecule has 0 aliphatic carbocycles. The molecule has 2 atom stereocenters. The first-order valence-corrected chi connectivity index (χ1v) is 9.72. The number of sulfonamides is 1. The van der Waals surface area contributed by atoms with Crippen molar-refractivity contribution in [1.82, 2.24) is 24.5 Å². The van der Waals surface area contributed by atoms with Gasteiger partial charge in [-0.25, -0.2) is 22.9 Å². The van der Waals surface area contributed by atoms with Gasteiger partial charge in [0, 0.05) is 44.1 Å². The fourth-order valence-corrected chi connectivity index (χ4v) is 3.27. The van der Waals surface area contributed by atoms with Crippen LogP contribution >= 0.6 is 0 Å². The minimum atomic E-state index is -3.25. The minimum Gasteiger partial charge on any atom is -0.335 e. The lowest BCUT2D eigenvalue weighted by atomic mass is 10.0. The van der Waals surface area contributed by atoms with Gasteiger partial charge in [-0.2, -0.15) is 0 Å². The van der Waals surface area contributed by atoms with E-state index in [1.54, 1.807) is 17.4 Å². The molecule has 2 rings (SSSR count). The zero-order chi connectivity index (χ0) is 16.9. The molecule has 9 heteroatoms. The Bertz CT molecular complexity index is 602. The second kappa shape index (κ2) is 7.78. The third kappa shape index (κ3) is 5.83. The van der Waals surface area contributed by atoms with Crippen LogP contribution in [-0.2, 0) is 16.6 Å². The Morgan fingerprint density at radius 2 is 2.22 bits per heavy atom. The molecule has 0 aromatic carbocycles. The molecule has 2 heterocycles. The lowest BCUT2D eigenvalue weighted by Gasteiger charge is -2.36. The van der Waals surface area contributed by atoms with Crippen LogP contribution in [0.1, 0.15) is 26.2 Å². The van der Waals surface area contributed by atoms with E-state index in [0.717, 1.165) is 25.5 Å². The highest BCUT2D eigenvalue weighted by Gasteiger charge is 2.27. The van der Waals surface area contributed by atoms with Crippen LogP contribution in [-0.4, -0.2) is 60.3 Å². The standard InChI is InChI=1S/C14H25N5O3S/c1-12(10-18-8-6-15-11-18)17-14(20)19-7-4-3-5-13(19)9-16-23(2,21)22/h6,8,11-13,16H,3-5,7,9-10H2,1-2H3,(H,17,20). The number of piperidine rings is 1. The number of carbonyl (C=O) groups is 1. The van der Waals surface area contributed by atoms with Crippen LogP contribution in [0.25, 0.3) is 0 Å². The number of amides is 2. The molecule has 130 valence electrons. The maximum absolute atomic E-state index is 12.5. The number of urea groups is 1. The van der Waals surface area contributed by atoms with Gasteiger partial charge < -0.3 is 14.8 Å². The molecule has 1 aliphatic heterocycles. The molecule has 1 aromatic heterocycles. The Morgan fingerprint density at radius 3 is 2.87 bits per heavy atom. The van der Waals surface area contributed by atoms with Crippen LogP contribution in [0.5, 0.6) is 0 Å². The Labute approximate surface area is 137 Å². The normalized spacial score (nSPS) is 20.3. The first-order valence-electron chi connectivity index (χ1n) is 7.82. The number of hydrogen-bond acceptors (Lipinski definition) is 4. The van der Waals surface area contributed by atoms with Crippen LogP contribution in [0.3, 0.4) is 0 Å². The van der Waals surface area contributed by atoms with Gasteiger partial charge in [-0.15, -0.1) is 0 Å². The van der Waals surface area contributed by atoms with E-state index in [9.17, 15) is 13.2 Å². The van der Waals surface area contributed by atoms with Crippen molar-refractivity contribution in [3.8, 4) is 0 Å². The third-order valence-corrected chi connectivity index (χ3v) is 4.57. The molecular formula is C14H25N5O3S. The molecular weight excluding hydrogens is 318 g/mol. The molecule has 2 N–H and O–H groups in total. The molecule has 1 aromatic rings. The van der Waals surface area contributed by atoms with Gasteiger partial charge in [0.05, 0.1) is 12.6 Å². The first-order chi connectivity index (χ1) is 10.8. The number of imidazole rings is 1. The summed E-state index contributed by atoms with van der Waals surface area (Å²) in [6.07, 6.45) is 9.15. The van der Waals surface area contributed by atoms with Crippen molar-refractivity contribution >= 4 is 16.1 Å². The number of carbonyl (C=O) groups excluding carboxylic acids is 1. The van der Waals surface area contributed by atoms with E-state index in [1.807, 2.05) is 17.7 Å². The van der Waals surface area contributed by atoms with Crippen molar-refractivity contribution < 1.29 is 13.2 Å². The van der Waals surface area contributed by atoms with Gasteiger partial charge in [0.1, 0.15) is 0 Å². The predicted octanol–water partition coefficient (Wildman–Crippen LogP) is 0.385. The van der Waals surface area contributed by atoms with E-state index < -0.39 is 10.0 Å². The Morgan fingerprint density at radius 1 is 1.43 bits per heavy atom. The summed E-state index contributed by atoms with van der Waals surface area (Å²) in [6.45, 7) is 3.50. The first kappa shape index (κ1) is 17.7. The molecule has 0 spiro atoms. The van der Waals surface area contributed by atoms with E-state index in [4.69, 9.17) is 0 Å². The Hall–Kier alpha value is -1.61. The summed E-state index contributed by atoms with van der Waals surface area (Å²) in [7, 11) is -3.25. The number of nitrogens with one attached hydrogen (secondary N) is 2. The van der Waals surface area contributed by atoms with E-state index in [-0.39, 0.29) is 24.7 Å². The quantitative estimate of drug-likeness (QED) is 0.781. The van der Waals surface area contributed by atoms with Crippen molar-refractivity contribution in [2.24, 2.45) is 0 Å². The lowest BCUT2D eigenvalue weighted by molar-refractivity contribution is 0.149. The molecule has 0 bridgehead atoms. The average molecular weight is 343 g/mol. The average Bonchev–Trinajstić information content (AvgIpc) is 2.97. The van der Waals surface area contributed by atoms with Gasteiger partial charge in [-0.3, -0.25) is 0 Å². The smallest absolute Gasteiger partial charge is 0.317 e. The topological polar surface area (TPSA) is 96.3 Å². The maximum Gasteiger partial charge on any atom is 0.317 e. The summed E-state index contributed by atoms with van der Waals surface area (Å²) < 4.78 is 26.9. The van der Waals surface area contributed by atoms with Gasteiger partial charge in [0.2, 0.25) is 10.0 Å². The number of aromatic nitrogens is 2. The van der Waals surface area contributed by atoms with Crippen molar-refractivity contribution in [3.05, 3.63) is 18.7 Å². The molecule has 0 radical (unpaired) electrons. The summed E-state index contributed by atoms with van der Waals surface area (Å²) in [4.78, 5) is 18.2. The summed E-state index contributed by atoms with van der Waals surface area (Å²) in [6, 6.07) is -0.279. The van der Waals surface area contributed by atoms with Crippen molar-refractivity contribution in [2.75, 3.05) is 19.3 Å². The van der Waals surface area contributed by atoms with Gasteiger partial charge in [0.25, 0.3) is 0 Å². The van der Waals surface area contributed by atoms with E-state index in [1.165, 1.54) is 0 Å². The van der Waals surface area contributed by atoms with Crippen LogP contribution in [0.15, 0.2) is 18.7 Å². The molecule has 1 fully saturated rings. The molecule has 1 saturated heterocycles. The highest BCUT2D eigenvalue weighted by Crippen LogP contribution is 2.17. The number of hydrogen-bond donors (Lipinski definition) is 2. The second-order valence-electron chi connectivity index (χ2n) is 6.07. The van der Waals surface area contributed by atoms with E-state index in [0.29, 0.717) is 13.1 Å². The summed E-state index contributed by atoms with van der Waals surface area (Å²) >= 11 is 0. The molecule has 23 heavy (non-hydrogen) atoms. The summed E-state index contributed by atoms with van der Waals surface area (Å²) in [5.41, 5.74) is 0. The van der Waals surface area contributed by atoms with Gasteiger partial charge in [0.15, 0.2) is 0 Å². The van der Waals surface area contributed by atoms with E-state index in [2.05, 4.69) is 15.0 Å². The van der Waals surface area contributed by atoms with Crippen molar-refractivity contribution in [2.45, 2.75) is 44.8 Å². The molecule has 8 nitrogen and oxygen atoms in total. The molecule has 1 aliphatic rings. The van der Waals surface area contributed by atoms with Crippen molar-refractivity contribution in [1.29, 1.82) is 0 Å². The van der Waals surface area contributed by atoms with Crippen LogP contribution in [0, 0.1) is 0 Å². The number of rotatable bonds is 6. The Balaban J connectivity index is 1.89. The highest BCUT2D eigenvalue weighted by molar-refractivity contribution is 7.88. The minimum absolute atomic E-state index is 0.0397. The van der Waals surface area contributed by atoms with Crippen LogP contribution in [0.2, 0.25) is 0 Å². The molecule has 0 saturated carbocycles. The SMILES string of the molecule is CC(Cn1ccnc1)NC(=O)N1CCCCC1CNS(C)(=O)=O. The zero-order valence-corrected chi connectivity index (χ0v) is 14.4. The fourth-order valence-electron chi connectivity index (χ4n) is 2.78.